The fourth-order valence-electron chi connectivity index (χ4n) is 1.67. The van der Waals surface area contributed by atoms with E-state index in [0.717, 1.165) is 12.1 Å². The van der Waals surface area contributed by atoms with Crippen LogP contribution in [0.25, 0.3) is 0 Å². The molecule has 0 spiro atoms. The number of nitrogens with one attached hydrogen (secondary N) is 1. The van der Waals surface area contributed by atoms with Crippen LogP contribution >= 0.6 is 0 Å². The molecule has 0 aliphatic carbocycles. The highest BCUT2D eigenvalue weighted by molar-refractivity contribution is 5.81. The molecule has 0 fully saturated rings. The Balaban J connectivity index is 2.76. The van der Waals surface area contributed by atoms with E-state index >= 15 is 0 Å². The van der Waals surface area contributed by atoms with Gasteiger partial charge in [-0.05, 0) is 26.0 Å². The monoisotopic (exact) mass is 281 g/mol. The summed E-state index contributed by atoms with van der Waals surface area (Å²) < 4.78 is 27.3. The summed E-state index contributed by atoms with van der Waals surface area (Å²) in [5.41, 5.74) is -0.249. The standard InChI is InChI=1S/C14H17F2N3O/c1-4-19(3)14(20)9(2)18-8-11-12(15)5-10(7-17)6-13(11)16/h5-6,9,18H,4,8H2,1-3H3. The number of nitriles is 1. The van der Waals surface area contributed by atoms with E-state index in [4.69, 9.17) is 5.26 Å². The number of halogens is 2. The molecule has 6 heteroatoms. The lowest BCUT2D eigenvalue weighted by atomic mass is 10.1. The second-order valence-corrected chi connectivity index (χ2v) is 4.49. The van der Waals surface area contributed by atoms with Crippen molar-refractivity contribution >= 4 is 5.91 Å². The van der Waals surface area contributed by atoms with Gasteiger partial charge in [0.05, 0.1) is 17.7 Å². The summed E-state index contributed by atoms with van der Waals surface area (Å²) in [5.74, 6) is -1.74. The molecule has 0 saturated carbocycles. The molecule has 1 unspecified atom stereocenters. The highest BCUT2D eigenvalue weighted by atomic mass is 19.1. The van der Waals surface area contributed by atoms with Crippen molar-refractivity contribution in [2.75, 3.05) is 13.6 Å². The van der Waals surface area contributed by atoms with Crippen LogP contribution in [-0.2, 0) is 11.3 Å². The first-order valence-corrected chi connectivity index (χ1v) is 6.27. The molecule has 0 radical (unpaired) electrons. The summed E-state index contributed by atoms with van der Waals surface area (Å²) in [6.45, 7) is 3.91. The normalized spacial score (nSPS) is 11.8. The van der Waals surface area contributed by atoms with Gasteiger partial charge in [-0.25, -0.2) is 8.78 Å². The highest BCUT2D eigenvalue weighted by Gasteiger charge is 2.18. The van der Waals surface area contributed by atoms with Gasteiger partial charge >= 0.3 is 0 Å². The number of nitrogens with zero attached hydrogens (tertiary/aromatic N) is 2. The topological polar surface area (TPSA) is 56.1 Å². The third-order valence-corrected chi connectivity index (χ3v) is 3.08. The van der Waals surface area contributed by atoms with Crippen LogP contribution in [0.4, 0.5) is 8.78 Å². The Bertz CT molecular complexity index is 517. The highest BCUT2D eigenvalue weighted by Crippen LogP contribution is 2.15. The fraction of sp³-hybridized carbons (Fsp3) is 0.429. The summed E-state index contributed by atoms with van der Waals surface area (Å²) in [6.07, 6.45) is 0. The largest absolute Gasteiger partial charge is 0.345 e. The van der Waals surface area contributed by atoms with Gasteiger partial charge in [-0.1, -0.05) is 0 Å². The molecule has 1 N–H and O–H groups in total. The van der Waals surface area contributed by atoms with Gasteiger partial charge < -0.3 is 10.2 Å². The van der Waals surface area contributed by atoms with Crippen molar-refractivity contribution in [3.63, 3.8) is 0 Å². The zero-order chi connectivity index (χ0) is 15.3. The second-order valence-electron chi connectivity index (χ2n) is 4.49. The molecule has 108 valence electrons. The average Bonchev–Trinajstić information content (AvgIpc) is 2.43. The molecule has 0 aliphatic rings. The van der Waals surface area contributed by atoms with E-state index in [9.17, 15) is 13.6 Å². The average molecular weight is 281 g/mol. The lowest BCUT2D eigenvalue weighted by Crippen LogP contribution is -2.42. The van der Waals surface area contributed by atoms with Gasteiger partial charge in [-0.15, -0.1) is 0 Å². The molecule has 1 amide bonds. The molecule has 0 saturated heterocycles. The molecular formula is C14H17F2N3O. The van der Waals surface area contributed by atoms with Crippen LogP contribution < -0.4 is 5.32 Å². The van der Waals surface area contributed by atoms with Crippen molar-refractivity contribution in [2.24, 2.45) is 0 Å². The van der Waals surface area contributed by atoms with Crippen molar-refractivity contribution in [1.29, 1.82) is 5.26 Å². The number of carbonyl (C=O) groups excluding carboxylic acids is 1. The zero-order valence-electron chi connectivity index (χ0n) is 11.7. The summed E-state index contributed by atoms with van der Waals surface area (Å²) in [4.78, 5) is 13.3. The van der Waals surface area contributed by atoms with Crippen molar-refractivity contribution < 1.29 is 13.6 Å². The van der Waals surface area contributed by atoms with E-state index in [0.29, 0.717) is 6.54 Å². The maximum absolute atomic E-state index is 13.6. The van der Waals surface area contributed by atoms with E-state index < -0.39 is 17.7 Å². The first-order valence-electron chi connectivity index (χ1n) is 6.27. The van der Waals surface area contributed by atoms with Crippen LogP contribution in [0.3, 0.4) is 0 Å². The molecule has 0 aliphatic heterocycles. The van der Waals surface area contributed by atoms with Crippen molar-refractivity contribution in [3.8, 4) is 6.07 Å². The third kappa shape index (κ3) is 3.75. The first-order chi connectivity index (χ1) is 9.40. The minimum absolute atomic E-state index is 0.0707. The van der Waals surface area contributed by atoms with Gasteiger partial charge in [-0.3, -0.25) is 4.79 Å². The number of amides is 1. The Labute approximate surface area is 117 Å². The van der Waals surface area contributed by atoms with Gasteiger partial charge in [-0.2, -0.15) is 5.26 Å². The van der Waals surface area contributed by atoms with Gasteiger partial charge in [0.25, 0.3) is 0 Å². The van der Waals surface area contributed by atoms with Crippen molar-refractivity contribution in [2.45, 2.75) is 26.4 Å². The molecule has 1 rings (SSSR count). The summed E-state index contributed by atoms with van der Waals surface area (Å²) in [7, 11) is 1.66. The number of hydrogen-bond acceptors (Lipinski definition) is 3. The molecule has 4 nitrogen and oxygen atoms in total. The van der Waals surface area contributed by atoms with Crippen molar-refractivity contribution in [3.05, 3.63) is 34.9 Å². The molecule has 0 heterocycles. The second kappa shape index (κ2) is 6.96. The molecule has 1 aromatic rings. The predicted octanol–water partition coefficient (Wildman–Crippen LogP) is 1.79. The smallest absolute Gasteiger partial charge is 0.239 e. The molecule has 0 bridgehead atoms. The first kappa shape index (κ1) is 16.1. The molecular weight excluding hydrogens is 264 g/mol. The van der Waals surface area contributed by atoms with Crippen molar-refractivity contribution in [1.82, 2.24) is 10.2 Å². The van der Waals surface area contributed by atoms with Crippen LogP contribution in [-0.4, -0.2) is 30.4 Å². The Morgan fingerprint density at radius 3 is 2.45 bits per heavy atom. The SMILES string of the molecule is CCN(C)C(=O)C(C)NCc1c(F)cc(C#N)cc1F. The van der Waals surface area contributed by atoms with E-state index in [2.05, 4.69) is 5.32 Å². The van der Waals surface area contributed by atoms with Crippen LogP contribution in [0.1, 0.15) is 25.0 Å². The lowest BCUT2D eigenvalue weighted by Gasteiger charge is -2.20. The Morgan fingerprint density at radius 2 is 2.00 bits per heavy atom. The molecule has 1 atom stereocenters. The summed E-state index contributed by atoms with van der Waals surface area (Å²) in [6, 6.07) is 3.09. The van der Waals surface area contributed by atoms with Gasteiger partial charge in [0.15, 0.2) is 0 Å². The van der Waals surface area contributed by atoms with Gasteiger partial charge in [0, 0.05) is 25.7 Å². The van der Waals surface area contributed by atoms with Gasteiger partial charge in [0.1, 0.15) is 11.6 Å². The number of carbonyl (C=O) groups is 1. The van der Waals surface area contributed by atoms with Crippen LogP contribution in [0, 0.1) is 23.0 Å². The minimum Gasteiger partial charge on any atom is -0.345 e. The van der Waals surface area contributed by atoms with E-state index in [1.54, 1.807) is 20.0 Å². The Hall–Kier alpha value is -2.00. The molecule has 20 heavy (non-hydrogen) atoms. The Kier molecular flexibility index (Phi) is 5.59. The van der Waals surface area contributed by atoms with E-state index in [-0.39, 0.29) is 23.6 Å². The van der Waals surface area contributed by atoms with E-state index in [1.165, 1.54) is 4.90 Å². The Morgan fingerprint density at radius 1 is 1.45 bits per heavy atom. The van der Waals surface area contributed by atoms with Gasteiger partial charge in [0.2, 0.25) is 5.91 Å². The predicted molar refractivity (Wildman–Crippen MR) is 70.7 cm³/mol. The van der Waals surface area contributed by atoms with E-state index in [1.807, 2.05) is 6.92 Å². The lowest BCUT2D eigenvalue weighted by molar-refractivity contribution is -0.131. The quantitative estimate of drug-likeness (QED) is 0.895. The summed E-state index contributed by atoms with van der Waals surface area (Å²) >= 11 is 0. The minimum atomic E-state index is -0.794. The van der Waals surface area contributed by atoms with Crippen LogP contribution in [0.2, 0.25) is 0 Å². The molecule has 0 aromatic heterocycles. The summed E-state index contributed by atoms with van der Waals surface area (Å²) in [5, 5.41) is 11.4. The van der Waals surface area contributed by atoms with Crippen LogP contribution in [0.5, 0.6) is 0 Å². The number of rotatable bonds is 5. The third-order valence-electron chi connectivity index (χ3n) is 3.08. The number of hydrogen-bond donors (Lipinski definition) is 1. The maximum atomic E-state index is 13.6. The van der Waals surface area contributed by atoms with Crippen LogP contribution in [0.15, 0.2) is 12.1 Å². The number of likely N-dealkylation sites (N-methyl/N-ethyl adjacent to an activating group) is 1. The zero-order valence-corrected chi connectivity index (χ0v) is 11.7. The maximum Gasteiger partial charge on any atom is 0.239 e. The number of benzene rings is 1. The molecule has 1 aromatic carbocycles. The fourth-order valence-corrected chi connectivity index (χ4v) is 1.67.